The number of nitrogens with one attached hydrogen (secondary N) is 1. The van der Waals surface area contributed by atoms with Crippen LogP contribution in [-0.4, -0.2) is 40.0 Å². The molecule has 0 amide bonds. The number of benzene rings is 1. The minimum atomic E-state index is 0.0760. The van der Waals surface area contributed by atoms with Crippen LogP contribution in [-0.2, 0) is 6.54 Å². The van der Waals surface area contributed by atoms with Crippen molar-refractivity contribution in [2.45, 2.75) is 63.7 Å². The van der Waals surface area contributed by atoms with Crippen LogP contribution in [0.15, 0.2) is 23.2 Å². The maximum atomic E-state index is 9.56. The van der Waals surface area contributed by atoms with Gasteiger partial charge >= 0.3 is 0 Å². The van der Waals surface area contributed by atoms with E-state index in [9.17, 15) is 5.11 Å². The Balaban J connectivity index is 1.41. The summed E-state index contributed by atoms with van der Waals surface area (Å²) in [6.45, 7) is 7.52. The monoisotopic (exact) mass is 347 g/mol. The number of amidine groups is 1. The molecule has 0 spiro atoms. The molecule has 3 fully saturated rings. The van der Waals surface area contributed by atoms with Crippen molar-refractivity contribution in [1.29, 1.82) is 0 Å². The molecule has 1 heterocycles. The Morgan fingerprint density at radius 1 is 1.33 bits per heavy atom. The van der Waals surface area contributed by atoms with E-state index in [0.717, 1.165) is 12.1 Å². The van der Waals surface area contributed by atoms with Crippen molar-refractivity contribution in [2.24, 2.45) is 10.4 Å². The summed E-state index contributed by atoms with van der Waals surface area (Å²) >= 11 is 6.03. The number of phenolic OH excluding ortho intramolecular Hbond substituents is 1. The Hall–Kier alpha value is -1.26. The van der Waals surface area contributed by atoms with E-state index in [1.807, 2.05) is 12.1 Å². The fraction of sp³-hybridized carbons (Fsp3) is 0.632. The second-order valence-corrected chi connectivity index (χ2v) is 9.08. The van der Waals surface area contributed by atoms with Gasteiger partial charge in [0, 0.05) is 17.5 Å². The van der Waals surface area contributed by atoms with Gasteiger partial charge in [0.25, 0.3) is 0 Å². The van der Waals surface area contributed by atoms with Gasteiger partial charge in [0.2, 0.25) is 0 Å². The first-order chi connectivity index (χ1) is 11.2. The predicted molar refractivity (Wildman–Crippen MR) is 97.7 cm³/mol. The molecule has 0 aromatic heterocycles. The van der Waals surface area contributed by atoms with Crippen LogP contribution in [0.1, 0.15) is 45.6 Å². The normalized spacial score (nSPS) is 35.9. The molecule has 2 N–H and O–H groups in total. The summed E-state index contributed by atoms with van der Waals surface area (Å²) < 4.78 is 0. The molecule has 2 bridgehead atoms. The average molecular weight is 348 g/mol. The van der Waals surface area contributed by atoms with Gasteiger partial charge in [0.15, 0.2) is 0 Å². The lowest BCUT2D eigenvalue weighted by Gasteiger charge is -2.73. The molecule has 130 valence electrons. The first-order valence-corrected chi connectivity index (χ1v) is 9.09. The molecule has 3 saturated carbocycles. The van der Waals surface area contributed by atoms with Gasteiger partial charge in [-0.25, -0.2) is 0 Å². The molecule has 1 aromatic rings. The summed E-state index contributed by atoms with van der Waals surface area (Å²) in [4.78, 5) is 7.36. The topological polar surface area (TPSA) is 47.9 Å². The molecule has 1 aromatic carbocycles. The molecule has 0 saturated heterocycles. The maximum Gasteiger partial charge on any atom is 0.134 e. The summed E-state index contributed by atoms with van der Waals surface area (Å²) in [5.74, 6) is 1.39. The zero-order valence-corrected chi connectivity index (χ0v) is 15.6. The van der Waals surface area contributed by atoms with E-state index in [1.165, 1.54) is 25.1 Å². The molecular weight excluding hydrogens is 322 g/mol. The van der Waals surface area contributed by atoms with Crippen LogP contribution in [0.5, 0.6) is 5.75 Å². The summed E-state index contributed by atoms with van der Waals surface area (Å²) in [5, 5.41) is 13.6. The lowest BCUT2D eigenvalue weighted by atomic mass is 9.38. The van der Waals surface area contributed by atoms with Crippen molar-refractivity contribution in [2.75, 3.05) is 7.05 Å². The van der Waals surface area contributed by atoms with Crippen LogP contribution in [0.2, 0.25) is 5.02 Å². The molecule has 0 unspecified atom stereocenters. The Morgan fingerprint density at radius 2 is 2.00 bits per heavy atom. The summed E-state index contributed by atoms with van der Waals surface area (Å²) in [7, 11) is 2.19. The first kappa shape index (κ1) is 16.2. The minimum absolute atomic E-state index is 0.0760. The lowest BCUT2D eigenvalue weighted by molar-refractivity contribution is -0.175. The van der Waals surface area contributed by atoms with Gasteiger partial charge in [-0.05, 0) is 64.8 Å². The van der Waals surface area contributed by atoms with E-state index in [-0.39, 0.29) is 11.3 Å². The van der Waals surface area contributed by atoms with Crippen molar-refractivity contribution in [3.05, 3.63) is 28.8 Å². The summed E-state index contributed by atoms with van der Waals surface area (Å²) in [5.41, 5.74) is 1.82. The molecule has 1 atom stereocenters. The van der Waals surface area contributed by atoms with Crippen LogP contribution in [0.25, 0.3) is 0 Å². The molecular formula is C19H26ClN3O. The van der Waals surface area contributed by atoms with Crippen molar-refractivity contribution in [1.82, 2.24) is 10.2 Å². The Bertz CT molecular complexity index is 708. The number of hydrogen-bond donors (Lipinski definition) is 2. The van der Waals surface area contributed by atoms with Crippen molar-refractivity contribution >= 4 is 17.4 Å². The Kier molecular flexibility index (Phi) is 3.30. The van der Waals surface area contributed by atoms with Crippen LogP contribution < -0.4 is 5.32 Å². The molecule has 4 aliphatic rings. The fourth-order valence-corrected chi connectivity index (χ4v) is 4.75. The fourth-order valence-electron chi connectivity index (χ4n) is 4.55. The van der Waals surface area contributed by atoms with E-state index < -0.39 is 0 Å². The first-order valence-electron chi connectivity index (χ1n) is 8.71. The molecule has 4 nitrogen and oxygen atoms in total. The minimum Gasteiger partial charge on any atom is -0.506 e. The third-order valence-electron chi connectivity index (χ3n) is 6.55. The van der Waals surface area contributed by atoms with Crippen LogP contribution in [0.4, 0.5) is 0 Å². The quantitative estimate of drug-likeness (QED) is 0.875. The lowest BCUT2D eigenvalue weighted by Crippen LogP contribution is -2.77. The van der Waals surface area contributed by atoms with Gasteiger partial charge in [-0.1, -0.05) is 17.7 Å². The number of aromatic hydroxyl groups is 1. The Labute approximate surface area is 148 Å². The third-order valence-corrected chi connectivity index (χ3v) is 6.86. The second kappa shape index (κ2) is 4.89. The molecule has 5 heteroatoms. The largest absolute Gasteiger partial charge is 0.506 e. The smallest absolute Gasteiger partial charge is 0.134 e. The maximum absolute atomic E-state index is 9.56. The number of aliphatic imine (C=N–C) groups is 1. The van der Waals surface area contributed by atoms with Crippen molar-refractivity contribution in [3.63, 3.8) is 0 Å². The standard InChI is InChI=1S/C19H26ClN3O/c1-12-17(2,3)22-16(21-12)18-9-19(10-18,11-18)23(4)8-13-5-6-15(24)14(20)7-13/h5-7,12,24H,8-11H2,1-4H3,(H,21,22)/t12-,18?,19?/m0/s1. The number of phenols is 1. The Morgan fingerprint density at radius 3 is 2.54 bits per heavy atom. The van der Waals surface area contributed by atoms with E-state index in [4.69, 9.17) is 16.6 Å². The molecule has 5 rings (SSSR count). The van der Waals surface area contributed by atoms with Crippen LogP contribution in [0.3, 0.4) is 0 Å². The van der Waals surface area contributed by atoms with Crippen LogP contribution in [0, 0.1) is 5.41 Å². The average Bonchev–Trinajstić information content (AvgIpc) is 2.65. The highest BCUT2D eigenvalue weighted by atomic mass is 35.5. The SMILES string of the molecule is C[C@@H]1N=C(C23CC(N(C)Cc4ccc(O)c(Cl)c4)(C2)C3)NC1(C)C. The highest BCUT2D eigenvalue weighted by Gasteiger charge is 2.72. The molecule has 24 heavy (non-hydrogen) atoms. The number of hydrogen-bond acceptors (Lipinski definition) is 4. The zero-order chi connectivity index (χ0) is 17.3. The summed E-state index contributed by atoms with van der Waals surface area (Å²) in [6.07, 6.45) is 3.57. The highest BCUT2D eigenvalue weighted by molar-refractivity contribution is 6.32. The van der Waals surface area contributed by atoms with Gasteiger partial charge in [-0.15, -0.1) is 0 Å². The predicted octanol–water partition coefficient (Wildman–Crippen LogP) is 3.57. The van der Waals surface area contributed by atoms with E-state index in [1.54, 1.807) is 6.07 Å². The number of halogens is 1. The van der Waals surface area contributed by atoms with Crippen molar-refractivity contribution in [3.8, 4) is 5.75 Å². The van der Waals surface area contributed by atoms with E-state index >= 15 is 0 Å². The van der Waals surface area contributed by atoms with E-state index in [0.29, 0.717) is 22.0 Å². The third kappa shape index (κ3) is 2.19. The van der Waals surface area contributed by atoms with Crippen LogP contribution >= 0.6 is 11.6 Å². The number of nitrogens with zero attached hydrogens (tertiary/aromatic N) is 2. The van der Waals surface area contributed by atoms with Gasteiger partial charge in [-0.2, -0.15) is 0 Å². The zero-order valence-electron chi connectivity index (χ0n) is 14.9. The van der Waals surface area contributed by atoms with Crippen molar-refractivity contribution < 1.29 is 5.11 Å². The second-order valence-electron chi connectivity index (χ2n) is 8.68. The number of rotatable bonds is 4. The summed E-state index contributed by atoms with van der Waals surface area (Å²) in [6, 6.07) is 5.83. The van der Waals surface area contributed by atoms with Gasteiger partial charge in [0.05, 0.1) is 16.6 Å². The van der Waals surface area contributed by atoms with E-state index in [2.05, 4.69) is 38.0 Å². The van der Waals surface area contributed by atoms with Gasteiger partial charge in [0.1, 0.15) is 11.6 Å². The molecule has 0 radical (unpaired) electrons. The highest BCUT2D eigenvalue weighted by Crippen LogP contribution is 2.70. The van der Waals surface area contributed by atoms with Gasteiger partial charge < -0.3 is 10.4 Å². The molecule has 1 aliphatic heterocycles. The van der Waals surface area contributed by atoms with Gasteiger partial charge in [-0.3, -0.25) is 9.89 Å². The molecule has 3 aliphatic carbocycles.